The van der Waals surface area contributed by atoms with Gasteiger partial charge in [0.1, 0.15) is 11.5 Å². The van der Waals surface area contributed by atoms with Crippen molar-refractivity contribution >= 4 is 23.1 Å². The Balaban J connectivity index is 2.01. The second-order valence-electron chi connectivity index (χ2n) is 9.19. The first-order chi connectivity index (χ1) is 17.1. The Kier molecular flexibility index (Phi) is 6.67. The van der Waals surface area contributed by atoms with Crippen molar-refractivity contribution in [1.82, 2.24) is 0 Å². The van der Waals surface area contributed by atoms with E-state index in [0.29, 0.717) is 22.4 Å². The second-order valence-corrected chi connectivity index (χ2v) is 9.19. The minimum Gasteiger partial charge on any atom is -0.507 e. The van der Waals surface area contributed by atoms with Gasteiger partial charge in [0.2, 0.25) is 0 Å². The van der Waals surface area contributed by atoms with Crippen LogP contribution in [0.25, 0.3) is 5.76 Å². The highest BCUT2D eigenvalue weighted by atomic mass is 19.2. The zero-order chi connectivity index (χ0) is 26.3. The lowest BCUT2D eigenvalue weighted by molar-refractivity contribution is -0.132. The molecule has 0 aromatic heterocycles. The molecule has 186 valence electrons. The molecule has 3 aromatic rings. The van der Waals surface area contributed by atoms with E-state index in [-0.39, 0.29) is 22.9 Å². The molecule has 1 unspecified atom stereocenters. The predicted octanol–water partition coefficient (Wildman–Crippen LogP) is 6.34. The van der Waals surface area contributed by atoms with Crippen LogP contribution in [0.3, 0.4) is 0 Å². The minimum absolute atomic E-state index is 0.0117. The molecule has 0 aliphatic carbocycles. The Morgan fingerprint density at radius 1 is 0.972 bits per heavy atom. The number of ether oxygens (including phenoxy) is 1. The standard InChI is InChI=1S/C29H27F2NO4/c1-15(2)20-14-21(17(4)12-24(20)36-5)27(33)25-26(19-9-7-6-8-16(19)3)32(29(35)28(25)34)18-10-11-22(30)23(31)13-18/h6-15,26,33H,1-5H3/b27-25+. The Labute approximate surface area is 208 Å². The molecule has 1 aliphatic heterocycles. The third-order valence-electron chi connectivity index (χ3n) is 6.56. The van der Waals surface area contributed by atoms with E-state index < -0.39 is 29.4 Å². The van der Waals surface area contributed by atoms with Crippen molar-refractivity contribution in [2.24, 2.45) is 0 Å². The molecule has 5 nitrogen and oxygen atoms in total. The number of amides is 1. The van der Waals surface area contributed by atoms with Crippen molar-refractivity contribution in [3.05, 3.63) is 99.6 Å². The third-order valence-corrected chi connectivity index (χ3v) is 6.56. The fraction of sp³-hybridized carbons (Fsp3) is 0.241. The summed E-state index contributed by atoms with van der Waals surface area (Å²) in [7, 11) is 1.56. The summed E-state index contributed by atoms with van der Waals surface area (Å²) in [5, 5.41) is 11.6. The Morgan fingerprint density at radius 3 is 2.28 bits per heavy atom. The number of Topliss-reactive ketones (excluding diaryl/α,β-unsaturated/α-hetero) is 1. The monoisotopic (exact) mass is 491 g/mol. The number of aliphatic hydroxyl groups excluding tert-OH is 1. The van der Waals surface area contributed by atoms with Crippen LogP contribution in [0.4, 0.5) is 14.5 Å². The number of hydrogen-bond acceptors (Lipinski definition) is 4. The van der Waals surface area contributed by atoms with Crippen LogP contribution in [0.15, 0.2) is 60.2 Å². The van der Waals surface area contributed by atoms with Gasteiger partial charge in [-0.1, -0.05) is 38.1 Å². The lowest BCUT2D eigenvalue weighted by Gasteiger charge is -2.27. The first kappa shape index (κ1) is 25.1. The topological polar surface area (TPSA) is 66.8 Å². The van der Waals surface area contributed by atoms with Crippen molar-refractivity contribution < 1.29 is 28.2 Å². The zero-order valence-electron chi connectivity index (χ0n) is 20.7. The molecule has 0 spiro atoms. The summed E-state index contributed by atoms with van der Waals surface area (Å²) in [6.45, 7) is 7.55. The number of halogens is 2. The molecule has 36 heavy (non-hydrogen) atoms. The summed E-state index contributed by atoms with van der Waals surface area (Å²) in [4.78, 5) is 27.8. The van der Waals surface area contributed by atoms with Crippen LogP contribution in [-0.2, 0) is 9.59 Å². The van der Waals surface area contributed by atoms with Crippen LogP contribution in [0.2, 0.25) is 0 Å². The highest BCUT2D eigenvalue weighted by molar-refractivity contribution is 6.51. The molecule has 1 aliphatic rings. The molecule has 1 fully saturated rings. The molecule has 1 N–H and O–H groups in total. The summed E-state index contributed by atoms with van der Waals surface area (Å²) in [5.74, 6) is -3.70. The highest BCUT2D eigenvalue weighted by Gasteiger charge is 2.47. The van der Waals surface area contributed by atoms with Crippen LogP contribution in [-0.4, -0.2) is 23.9 Å². The van der Waals surface area contributed by atoms with Gasteiger partial charge in [-0.3, -0.25) is 14.5 Å². The van der Waals surface area contributed by atoms with Crippen molar-refractivity contribution in [2.75, 3.05) is 12.0 Å². The SMILES string of the molecule is COc1cc(C)c(/C(O)=C2\C(=O)C(=O)N(c3ccc(F)c(F)c3)C2c2ccccc2C)cc1C(C)C. The van der Waals surface area contributed by atoms with Gasteiger partial charge in [-0.15, -0.1) is 0 Å². The molecule has 0 bridgehead atoms. The van der Waals surface area contributed by atoms with Gasteiger partial charge in [0.15, 0.2) is 11.6 Å². The van der Waals surface area contributed by atoms with Crippen LogP contribution in [0, 0.1) is 25.5 Å². The lowest BCUT2D eigenvalue weighted by Crippen LogP contribution is -2.30. The number of hydrogen-bond donors (Lipinski definition) is 1. The molecule has 4 rings (SSSR count). The lowest BCUT2D eigenvalue weighted by atomic mass is 9.89. The Hall–Kier alpha value is -4.00. The third kappa shape index (κ3) is 4.15. The van der Waals surface area contributed by atoms with E-state index in [2.05, 4.69) is 0 Å². The fourth-order valence-corrected chi connectivity index (χ4v) is 4.65. The number of nitrogens with zero attached hydrogens (tertiary/aromatic N) is 1. The van der Waals surface area contributed by atoms with Gasteiger partial charge in [0.25, 0.3) is 11.7 Å². The summed E-state index contributed by atoms with van der Waals surface area (Å²) >= 11 is 0. The first-order valence-corrected chi connectivity index (χ1v) is 11.6. The summed E-state index contributed by atoms with van der Waals surface area (Å²) in [6, 6.07) is 12.6. The van der Waals surface area contributed by atoms with E-state index in [9.17, 15) is 23.5 Å². The fourth-order valence-electron chi connectivity index (χ4n) is 4.65. The minimum atomic E-state index is -1.15. The summed E-state index contributed by atoms with van der Waals surface area (Å²) < 4.78 is 33.3. The predicted molar refractivity (Wildman–Crippen MR) is 134 cm³/mol. The second kappa shape index (κ2) is 9.57. The number of aryl methyl sites for hydroxylation is 2. The summed E-state index contributed by atoms with van der Waals surface area (Å²) in [6.07, 6.45) is 0. The quantitative estimate of drug-likeness (QED) is 0.257. The van der Waals surface area contributed by atoms with E-state index in [1.807, 2.05) is 32.9 Å². The van der Waals surface area contributed by atoms with Gasteiger partial charge in [0.05, 0.1) is 18.7 Å². The largest absolute Gasteiger partial charge is 0.507 e. The Morgan fingerprint density at radius 2 is 1.67 bits per heavy atom. The van der Waals surface area contributed by atoms with Gasteiger partial charge in [0, 0.05) is 17.3 Å². The van der Waals surface area contributed by atoms with Gasteiger partial charge < -0.3 is 9.84 Å². The molecule has 3 aromatic carbocycles. The van der Waals surface area contributed by atoms with Crippen molar-refractivity contribution in [3.63, 3.8) is 0 Å². The van der Waals surface area contributed by atoms with Crippen LogP contribution < -0.4 is 9.64 Å². The highest BCUT2D eigenvalue weighted by Crippen LogP contribution is 2.44. The summed E-state index contributed by atoms with van der Waals surface area (Å²) in [5.41, 5.74) is 3.10. The molecule has 1 saturated heterocycles. The normalized spacial score (nSPS) is 17.2. The van der Waals surface area contributed by atoms with Crippen LogP contribution in [0.5, 0.6) is 5.75 Å². The first-order valence-electron chi connectivity index (χ1n) is 11.6. The van der Waals surface area contributed by atoms with E-state index in [1.165, 1.54) is 6.07 Å². The van der Waals surface area contributed by atoms with E-state index in [1.54, 1.807) is 38.3 Å². The van der Waals surface area contributed by atoms with Crippen molar-refractivity contribution in [3.8, 4) is 5.75 Å². The van der Waals surface area contributed by atoms with Crippen LogP contribution in [0.1, 0.15) is 53.6 Å². The van der Waals surface area contributed by atoms with Crippen LogP contribution >= 0.6 is 0 Å². The maximum atomic E-state index is 14.2. The number of aliphatic hydroxyl groups is 1. The average Bonchev–Trinajstić information content (AvgIpc) is 3.10. The molecule has 1 amide bonds. The molecule has 0 radical (unpaired) electrons. The Bertz CT molecular complexity index is 1410. The number of benzene rings is 3. The maximum absolute atomic E-state index is 14.2. The molecular formula is C29H27F2NO4. The number of anilines is 1. The van der Waals surface area contributed by atoms with E-state index in [4.69, 9.17) is 4.74 Å². The molecule has 1 atom stereocenters. The van der Waals surface area contributed by atoms with Gasteiger partial charge >= 0.3 is 0 Å². The van der Waals surface area contributed by atoms with E-state index in [0.717, 1.165) is 28.2 Å². The molecule has 7 heteroatoms. The van der Waals surface area contributed by atoms with Gasteiger partial charge in [-0.2, -0.15) is 0 Å². The molecular weight excluding hydrogens is 464 g/mol. The van der Waals surface area contributed by atoms with Gasteiger partial charge in [-0.25, -0.2) is 8.78 Å². The smallest absolute Gasteiger partial charge is 0.300 e. The van der Waals surface area contributed by atoms with E-state index >= 15 is 0 Å². The zero-order valence-corrected chi connectivity index (χ0v) is 20.7. The number of carbonyl (C=O) groups excluding carboxylic acids is 2. The average molecular weight is 492 g/mol. The van der Waals surface area contributed by atoms with Crippen molar-refractivity contribution in [2.45, 2.75) is 39.7 Å². The molecule has 1 heterocycles. The number of carbonyl (C=O) groups is 2. The molecule has 0 saturated carbocycles. The number of methoxy groups -OCH3 is 1. The number of ketones is 1. The maximum Gasteiger partial charge on any atom is 0.300 e. The number of rotatable bonds is 5. The van der Waals surface area contributed by atoms with Gasteiger partial charge in [-0.05, 0) is 66.3 Å². The van der Waals surface area contributed by atoms with Crippen molar-refractivity contribution in [1.29, 1.82) is 0 Å².